The Morgan fingerprint density at radius 1 is 1.08 bits per heavy atom. The van der Waals surface area contributed by atoms with Crippen LogP contribution in [0.3, 0.4) is 0 Å². The second kappa shape index (κ2) is 8.92. The molecule has 0 aliphatic heterocycles. The molecule has 0 radical (unpaired) electrons. The van der Waals surface area contributed by atoms with Crippen LogP contribution in [-0.4, -0.2) is 11.9 Å². The Labute approximate surface area is 162 Å². The minimum Gasteiger partial charge on any atom is -0.352 e. The van der Waals surface area contributed by atoms with Crippen LogP contribution in [0.5, 0.6) is 0 Å². The molecule has 2 aromatic carbocycles. The monoisotopic (exact) mass is 393 g/mol. The van der Waals surface area contributed by atoms with Crippen LogP contribution in [0.4, 0.5) is 4.79 Å². The van der Waals surface area contributed by atoms with Gasteiger partial charge in [-0.2, -0.15) is 0 Å². The highest BCUT2D eigenvalue weighted by atomic mass is 35.5. The molecular weight excluding hydrogens is 373 g/mol. The highest BCUT2D eigenvalue weighted by Gasteiger charge is 2.20. The van der Waals surface area contributed by atoms with Crippen LogP contribution in [0.15, 0.2) is 42.5 Å². The average Bonchev–Trinajstić information content (AvgIpc) is 2.56. The Kier molecular flexibility index (Phi) is 6.89. The molecule has 2 unspecified atom stereocenters. The Hall–Kier alpha value is -2.24. The van der Waals surface area contributed by atoms with Gasteiger partial charge >= 0.3 is 6.03 Å². The molecule has 2 rings (SSSR count). The molecule has 0 saturated carbocycles. The van der Waals surface area contributed by atoms with E-state index in [0.717, 1.165) is 16.7 Å². The van der Waals surface area contributed by atoms with Gasteiger partial charge in [0.2, 0.25) is 5.91 Å². The number of aryl methyl sites for hydroxylation is 1. The summed E-state index contributed by atoms with van der Waals surface area (Å²) in [7, 11) is 0. The third-order valence-electron chi connectivity index (χ3n) is 4.09. The number of carbonyl (C=O) groups is 2. The van der Waals surface area contributed by atoms with Crippen LogP contribution < -0.4 is 16.4 Å². The third-order valence-corrected chi connectivity index (χ3v) is 4.83. The summed E-state index contributed by atoms with van der Waals surface area (Å²) >= 11 is 11.9. The molecule has 0 bridgehead atoms. The number of nitrogens with two attached hydrogens (primary N) is 1. The molecule has 0 aromatic heterocycles. The number of nitrogens with one attached hydrogen (secondary N) is 2. The molecule has 3 amide bonds. The Morgan fingerprint density at radius 2 is 1.77 bits per heavy atom. The lowest BCUT2D eigenvalue weighted by molar-refractivity contribution is -0.122. The zero-order valence-electron chi connectivity index (χ0n) is 14.6. The fourth-order valence-electron chi connectivity index (χ4n) is 2.74. The van der Waals surface area contributed by atoms with Crippen LogP contribution >= 0.6 is 23.2 Å². The van der Waals surface area contributed by atoms with Crippen molar-refractivity contribution in [2.45, 2.75) is 32.4 Å². The molecular formula is C19H21Cl2N3O2. The van der Waals surface area contributed by atoms with Gasteiger partial charge in [0.1, 0.15) is 0 Å². The standard InChI is InChI=1S/C19H21Cl2N3O2/c1-11-5-3-4-6-14(11)17(24-19(22)26)10-18(25)23-12(2)13-7-8-15(20)16(21)9-13/h3-9,12,17H,10H2,1-2H3,(H,23,25)(H3,22,24,26). The minimum absolute atomic E-state index is 0.0689. The maximum absolute atomic E-state index is 12.5. The molecule has 5 nitrogen and oxygen atoms in total. The van der Waals surface area contributed by atoms with Crippen molar-refractivity contribution >= 4 is 35.1 Å². The van der Waals surface area contributed by atoms with Gasteiger partial charge in [-0.1, -0.05) is 53.5 Å². The lowest BCUT2D eigenvalue weighted by Gasteiger charge is -2.21. The van der Waals surface area contributed by atoms with Gasteiger partial charge in [-0.15, -0.1) is 0 Å². The quantitative estimate of drug-likeness (QED) is 0.683. The average molecular weight is 394 g/mol. The van der Waals surface area contributed by atoms with Gasteiger partial charge in [-0.25, -0.2) is 4.79 Å². The van der Waals surface area contributed by atoms with Crippen molar-refractivity contribution in [2.24, 2.45) is 5.73 Å². The largest absolute Gasteiger partial charge is 0.352 e. The Morgan fingerprint density at radius 3 is 2.38 bits per heavy atom. The first-order valence-corrected chi connectivity index (χ1v) is 8.89. The predicted molar refractivity (Wildman–Crippen MR) is 104 cm³/mol. The second-order valence-corrected chi connectivity index (χ2v) is 6.90. The number of hydrogen-bond donors (Lipinski definition) is 3. The van der Waals surface area contributed by atoms with E-state index >= 15 is 0 Å². The van der Waals surface area contributed by atoms with E-state index in [9.17, 15) is 9.59 Å². The molecule has 4 N–H and O–H groups in total. The normalized spacial score (nSPS) is 12.9. The van der Waals surface area contributed by atoms with Gasteiger partial charge in [0.25, 0.3) is 0 Å². The van der Waals surface area contributed by atoms with E-state index in [1.54, 1.807) is 18.2 Å². The number of primary amides is 1. The van der Waals surface area contributed by atoms with Crippen molar-refractivity contribution in [3.8, 4) is 0 Å². The predicted octanol–water partition coefficient (Wildman–Crippen LogP) is 4.28. The Bertz CT molecular complexity index is 811. The molecule has 0 aliphatic carbocycles. The van der Waals surface area contributed by atoms with Crippen molar-refractivity contribution in [3.05, 3.63) is 69.2 Å². The van der Waals surface area contributed by atoms with Gasteiger partial charge in [0.05, 0.1) is 28.5 Å². The summed E-state index contributed by atoms with van der Waals surface area (Å²) in [6, 6.07) is 11.3. The van der Waals surface area contributed by atoms with Crippen molar-refractivity contribution in [3.63, 3.8) is 0 Å². The highest BCUT2D eigenvalue weighted by Crippen LogP contribution is 2.26. The number of amides is 3. The maximum atomic E-state index is 12.5. The van der Waals surface area contributed by atoms with Crippen LogP contribution in [0, 0.1) is 6.92 Å². The van der Waals surface area contributed by atoms with E-state index in [1.807, 2.05) is 38.1 Å². The minimum atomic E-state index is -0.677. The fourth-order valence-corrected chi connectivity index (χ4v) is 3.05. The summed E-state index contributed by atoms with van der Waals surface area (Å²) in [6.07, 6.45) is 0.0689. The highest BCUT2D eigenvalue weighted by molar-refractivity contribution is 6.42. The number of rotatable bonds is 6. The SMILES string of the molecule is Cc1ccccc1C(CC(=O)NC(C)c1ccc(Cl)c(Cl)c1)NC(N)=O. The number of hydrogen-bond acceptors (Lipinski definition) is 2. The van der Waals surface area contributed by atoms with Crippen molar-refractivity contribution in [1.29, 1.82) is 0 Å². The summed E-state index contributed by atoms with van der Waals surface area (Å²) in [5, 5.41) is 6.43. The van der Waals surface area contributed by atoms with Gasteiger partial charge in [-0.3, -0.25) is 4.79 Å². The summed E-state index contributed by atoms with van der Waals surface area (Å²) in [5.74, 6) is -0.217. The van der Waals surface area contributed by atoms with Gasteiger partial charge < -0.3 is 16.4 Å². The molecule has 7 heteroatoms. The van der Waals surface area contributed by atoms with Crippen LogP contribution in [0.1, 0.15) is 42.1 Å². The summed E-state index contributed by atoms with van der Waals surface area (Å²) in [5.41, 5.74) is 7.93. The van der Waals surface area contributed by atoms with E-state index < -0.39 is 12.1 Å². The second-order valence-electron chi connectivity index (χ2n) is 6.08. The fraction of sp³-hybridized carbons (Fsp3) is 0.263. The third kappa shape index (κ3) is 5.38. The van der Waals surface area contributed by atoms with Crippen LogP contribution in [-0.2, 0) is 4.79 Å². The number of halogens is 2. The lowest BCUT2D eigenvalue weighted by atomic mass is 9.98. The summed E-state index contributed by atoms with van der Waals surface area (Å²) in [4.78, 5) is 23.8. The molecule has 138 valence electrons. The molecule has 0 fully saturated rings. The van der Waals surface area contributed by atoms with Gasteiger partial charge in [0, 0.05) is 0 Å². The molecule has 2 atom stereocenters. The summed E-state index contributed by atoms with van der Waals surface area (Å²) in [6.45, 7) is 3.77. The molecule has 0 heterocycles. The number of benzene rings is 2. The van der Waals surface area contributed by atoms with Crippen molar-refractivity contribution < 1.29 is 9.59 Å². The van der Waals surface area contributed by atoms with Crippen LogP contribution in [0.2, 0.25) is 10.0 Å². The summed E-state index contributed by atoms with van der Waals surface area (Å²) < 4.78 is 0. The van der Waals surface area contributed by atoms with Crippen molar-refractivity contribution in [1.82, 2.24) is 10.6 Å². The smallest absolute Gasteiger partial charge is 0.312 e. The van der Waals surface area contributed by atoms with E-state index in [4.69, 9.17) is 28.9 Å². The Balaban J connectivity index is 2.10. The first-order chi connectivity index (χ1) is 12.3. The molecule has 0 saturated heterocycles. The first kappa shape index (κ1) is 20.1. The van der Waals surface area contributed by atoms with E-state index in [-0.39, 0.29) is 18.4 Å². The van der Waals surface area contributed by atoms with E-state index in [2.05, 4.69) is 10.6 Å². The van der Waals surface area contributed by atoms with Gasteiger partial charge in [-0.05, 0) is 42.7 Å². The molecule has 2 aromatic rings. The first-order valence-electron chi connectivity index (χ1n) is 8.13. The van der Waals surface area contributed by atoms with Crippen LogP contribution in [0.25, 0.3) is 0 Å². The molecule has 0 aliphatic rings. The number of urea groups is 1. The van der Waals surface area contributed by atoms with E-state index in [1.165, 1.54) is 0 Å². The van der Waals surface area contributed by atoms with E-state index in [0.29, 0.717) is 10.0 Å². The van der Waals surface area contributed by atoms with Crippen molar-refractivity contribution in [2.75, 3.05) is 0 Å². The lowest BCUT2D eigenvalue weighted by Crippen LogP contribution is -2.37. The topological polar surface area (TPSA) is 84.2 Å². The molecule has 0 spiro atoms. The zero-order chi connectivity index (χ0) is 19.3. The van der Waals surface area contributed by atoms with Gasteiger partial charge in [0.15, 0.2) is 0 Å². The molecule has 26 heavy (non-hydrogen) atoms. The zero-order valence-corrected chi connectivity index (χ0v) is 16.1. The maximum Gasteiger partial charge on any atom is 0.312 e. The number of carbonyl (C=O) groups excluding carboxylic acids is 2.